The van der Waals surface area contributed by atoms with Crippen LogP contribution in [0.5, 0.6) is 0 Å². The van der Waals surface area contributed by atoms with Gasteiger partial charge in [0.25, 0.3) is 0 Å². The van der Waals surface area contributed by atoms with Crippen LogP contribution in [0.15, 0.2) is 18.3 Å². The molecule has 0 atom stereocenters. The van der Waals surface area contributed by atoms with Crippen LogP contribution in [0, 0.1) is 27.7 Å². The van der Waals surface area contributed by atoms with E-state index in [4.69, 9.17) is 0 Å². The van der Waals surface area contributed by atoms with Gasteiger partial charge in [-0.1, -0.05) is 24.6 Å². The predicted molar refractivity (Wildman–Crippen MR) is 88.7 cm³/mol. The van der Waals surface area contributed by atoms with Gasteiger partial charge in [-0.15, -0.1) is 0 Å². The van der Waals surface area contributed by atoms with E-state index in [9.17, 15) is 0 Å². The Morgan fingerprint density at radius 2 is 1.76 bits per heavy atom. The third-order valence-corrected chi connectivity index (χ3v) is 4.10. The van der Waals surface area contributed by atoms with E-state index < -0.39 is 0 Å². The Labute approximate surface area is 128 Å². The van der Waals surface area contributed by atoms with Crippen LogP contribution >= 0.6 is 0 Å². The highest BCUT2D eigenvalue weighted by molar-refractivity contribution is 5.37. The lowest BCUT2D eigenvalue weighted by Crippen LogP contribution is -2.14. The minimum atomic E-state index is 0.859. The van der Waals surface area contributed by atoms with Crippen LogP contribution in [0.4, 0.5) is 0 Å². The van der Waals surface area contributed by atoms with Gasteiger partial charge in [0, 0.05) is 17.8 Å². The first-order valence-electron chi connectivity index (χ1n) is 7.81. The highest BCUT2D eigenvalue weighted by Gasteiger charge is 2.10. The topological polar surface area (TPSA) is 29.9 Å². The maximum absolute atomic E-state index is 4.57. The SMILES string of the molecule is CCCNCc1cnn(Cc2c(C)cc(C)cc2C)c1C. The average Bonchev–Trinajstić information content (AvgIpc) is 2.75. The summed E-state index contributed by atoms with van der Waals surface area (Å²) in [6, 6.07) is 4.51. The van der Waals surface area contributed by atoms with Crippen LogP contribution in [0.1, 0.15) is 46.9 Å². The molecule has 0 aliphatic heterocycles. The molecule has 0 radical (unpaired) electrons. The van der Waals surface area contributed by atoms with Gasteiger partial charge in [0.1, 0.15) is 0 Å². The number of nitrogens with zero attached hydrogens (tertiary/aromatic N) is 2. The molecule has 0 amide bonds. The summed E-state index contributed by atoms with van der Waals surface area (Å²) >= 11 is 0. The standard InChI is InChI=1S/C18H27N3/c1-6-7-19-10-17-11-20-21(16(17)5)12-18-14(3)8-13(2)9-15(18)4/h8-9,11,19H,6-7,10,12H2,1-5H3. The van der Waals surface area contributed by atoms with Crippen molar-refractivity contribution < 1.29 is 0 Å². The number of hydrogen-bond acceptors (Lipinski definition) is 2. The van der Waals surface area contributed by atoms with Crippen molar-refractivity contribution in [3.8, 4) is 0 Å². The highest BCUT2D eigenvalue weighted by atomic mass is 15.3. The number of benzene rings is 1. The van der Waals surface area contributed by atoms with Gasteiger partial charge in [0.2, 0.25) is 0 Å². The van der Waals surface area contributed by atoms with E-state index >= 15 is 0 Å². The van der Waals surface area contributed by atoms with Gasteiger partial charge in [-0.25, -0.2) is 0 Å². The molecule has 0 aliphatic rings. The van der Waals surface area contributed by atoms with Gasteiger partial charge in [-0.3, -0.25) is 4.68 Å². The number of aryl methyl sites for hydroxylation is 3. The largest absolute Gasteiger partial charge is 0.313 e. The fraction of sp³-hybridized carbons (Fsp3) is 0.500. The zero-order valence-electron chi connectivity index (χ0n) is 14.0. The van der Waals surface area contributed by atoms with Crippen molar-refractivity contribution in [2.24, 2.45) is 0 Å². The summed E-state index contributed by atoms with van der Waals surface area (Å²) in [6.45, 7) is 13.7. The first kappa shape index (κ1) is 15.8. The summed E-state index contributed by atoms with van der Waals surface area (Å²) in [4.78, 5) is 0. The molecule has 21 heavy (non-hydrogen) atoms. The average molecular weight is 285 g/mol. The Morgan fingerprint density at radius 3 is 2.38 bits per heavy atom. The van der Waals surface area contributed by atoms with E-state index in [1.54, 1.807) is 0 Å². The van der Waals surface area contributed by atoms with E-state index in [1.165, 1.54) is 33.5 Å². The van der Waals surface area contributed by atoms with E-state index in [1.807, 2.05) is 6.20 Å². The highest BCUT2D eigenvalue weighted by Crippen LogP contribution is 2.19. The molecule has 1 aromatic carbocycles. The third-order valence-electron chi connectivity index (χ3n) is 4.10. The van der Waals surface area contributed by atoms with Gasteiger partial charge < -0.3 is 5.32 Å². The van der Waals surface area contributed by atoms with E-state index in [0.29, 0.717) is 0 Å². The second kappa shape index (κ2) is 6.90. The zero-order chi connectivity index (χ0) is 15.4. The molecular weight excluding hydrogens is 258 g/mol. The fourth-order valence-electron chi connectivity index (χ4n) is 2.83. The second-order valence-electron chi connectivity index (χ2n) is 5.97. The molecule has 2 rings (SSSR count). The van der Waals surface area contributed by atoms with Crippen molar-refractivity contribution in [3.63, 3.8) is 0 Å². The van der Waals surface area contributed by atoms with E-state index in [-0.39, 0.29) is 0 Å². The first-order valence-corrected chi connectivity index (χ1v) is 7.81. The number of nitrogens with one attached hydrogen (secondary N) is 1. The first-order chi connectivity index (χ1) is 10.0. The molecule has 0 saturated heterocycles. The lowest BCUT2D eigenvalue weighted by atomic mass is 10.00. The molecule has 1 aromatic heterocycles. The Hall–Kier alpha value is -1.61. The van der Waals surface area contributed by atoms with E-state index in [2.05, 4.69) is 61.8 Å². The van der Waals surface area contributed by atoms with Crippen LogP contribution in [0.25, 0.3) is 0 Å². The van der Waals surface area contributed by atoms with Gasteiger partial charge in [0.15, 0.2) is 0 Å². The summed E-state index contributed by atoms with van der Waals surface area (Å²) in [6.07, 6.45) is 3.16. The Balaban J connectivity index is 2.17. The molecule has 0 spiro atoms. The fourth-order valence-corrected chi connectivity index (χ4v) is 2.83. The molecule has 1 heterocycles. The molecule has 0 fully saturated rings. The molecule has 2 aromatic rings. The molecule has 114 valence electrons. The zero-order valence-corrected chi connectivity index (χ0v) is 14.0. The third kappa shape index (κ3) is 3.73. The molecule has 0 aliphatic carbocycles. The molecule has 0 unspecified atom stereocenters. The number of hydrogen-bond donors (Lipinski definition) is 1. The van der Waals surface area contributed by atoms with Gasteiger partial charge in [0.05, 0.1) is 12.7 Å². The summed E-state index contributed by atoms with van der Waals surface area (Å²) in [5, 5.41) is 8.02. The van der Waals surface area contributed by atoms with Crippen LogP contribution < -0.4 is 5.32 Å². The molecule has 0 saturated carbocycles. The molecule has 1 N–H and O–H groups in total. The normalized spacial score (nSPS) is 11.1. The lowest BCUT2D eigenvalue weighted by molar-refractivity contribution is 0.648. The van der Waals surface area contributed by atoms with Crippen molar-refractivity contribution in [1.29, 1.82) is 0 Å². The molecule has 0 bridgehead atoms. The Kier molecular flexibility index (Phi) is 5.18. The van der Waals surface area contributed by atoms with Gasteiger partial charge >= 0.3 is 0 Å². The summed E-state index contributed by atoms with van der Waals surface area (Å²) in [5.74, 6) is 0. The maximum Gasteiger partial charge on any atom is 0.0667 e. The molecular formula is C18H27N3. The number of aromatic nitrogens is 2. The van der Waals surface area contributed by atoms with Crippen LogP contribution in [-0.2, 0) is 13.1 Å². The van der Waals surface area contributed by atoms with Gasteiger partial charge in [-0.05, 0) is 57.4 Å². The summed E-state index contributed by atoms with van der Waals surface area (Å²) in [7, 11) is 0. The maximum atomic E-state index is 4.57. The summed E-state index contributed by atoms with van der Waals surface area (Å²) in [5.41, 5.74) is 7.99. The van der Waals surface area contributed by atoms with Gasteiger partial charge in [-0.2, -0.15) is 5.10 Å². The smallest absolute Gasteiger partial charge is 0.0667 e. The Morgan fingerprint density at radius 1 is 1.10 bits per heavy atom. The van der Waals surface area contributed by atoms with Crippen LogP contribution in [0.3, 0.4) is 0 Å². The van der Waals surface area contributed by atoms with Crippen molar-refractivity contribution >= 4 is 0 Å². The molecule has 3 heteroatoms. The predicted octanol–water partition coefficient (Wildman–Crippen LogP) is 3.66. The van der Waals surface area contributed by atoms with Crippen LogP contribution in [0.2, 0.25) is 0 Å². The quantitative estimate of drug-likeness (QED) is 0.821. The minimum absolute atomic E-state index is 0.859. The van der Waals surface area contributed by atoms with Crippen molar-refractivity contribution in [1.82, 2.24) is 15.1 Å². The monoisotopic (exact) mass is 285 g/mol. The van der Waals surface area contributed by atoms with Crippen molar-refractivity contribution in [2.75, 3.05) is 6.54 Å². The molecule has 3 nitrogen and oxygen atoms in total. The minimum Gasteiger partial charge on any atom is -0.313 e. The van der Waals surface area contributed by atoms with E-state index in [0.717, 1.165) is 26.1 Å². The second-order valence-corrected chi connectivity index (χ2v) is 5.97. The lowest BCUT2D eigenvalue weighted by Gasteiger charge is -2.13. The number of rotatable bonds is 6. The van der Waals surface area contributed by atoms with Crippen molar-refractivity contribution in [3.05, 3.63) is 51.8 Å². The summed E-state index contributed by atoms with van der Waals surface area (Å²) < 4.78 is 2.12. The van der Waals surface area contributed by atoms with Crippen LogP contribution in [-0.4, -0.2) is 16.3 Å². The Bertz CT molecular complexity index is 588. The van der Waals surface area contributed by atoms with Crippen molar-refractivity contribution in [2.45, 2.75) is 54.1 Å².